The molecule has 140 valence electrons. The quantitative estimate of drug-likeness (QED) is 0.817. The molecule has 3 rings (SSSR count). The SMILES string of the molecule is CCCOC(=O)N1CCC(c2nnc(CN3CCCCC3)n2C)CC1. The fraction of sp³-hybridized carbons (Fsp3) is 0.833. The summed E-state index contributed by atoms with van der Waals surface area (Å²) < 4.78 is 7.40. The molecule has 2 aliphatic rings. The highest BCUT2D eigenvalue weighted by Crippen LogP contribution is 2.27. The molecular weight excluding hydrogens is 318 g/mol. The monoisotopic (exact) mass is 349 g/mol. The average molecular weight is 349 g/mol. The molecule has 0 saturated carbocycles. The van der Waals surface area contributed by atoms with E-state index in [-0.39, 0.29) is 6.09 Å². The summed E-state index contributed by atoms with van der Waals surface area (Å²) in [5.41, 5.74) is 0. The Morgan fingerprint density at radius 1 is 1.12 bits per heavy atom. The van der Waals surface area contributed by atoms with Crippen LogP contribution in [0.1, 0.15) is 63.0 Å². The molecule has 1 aromatic rings. The van der Waals surface area contributed by atoms with E-state index in [2.05, 4.69) is 26.7 Å². The number of likely N-dealkylation sites (tertiary alicyclic amines) is 2. The zero-order chi connectivity index (χ0) is 17.6. The van der Waals surface area contributed by atoms with Crippen LogP contribution in [0.4, 0.5) is 4.79 Å². The maximum absolute atomic E-state index is 12.0. The summed E-state index contributed by atoms with van der Waals surface area (Å²) in [6.07, 6.45) is 6.47. The van der Waals surface area contributed by atoms with Gasteiger partial charge in [0, 0.05) is 26.1 Å². The highest BCUT2D eigenvalue weighted by molar-refractivity contribution is 5.67. The van der Waals surface area contributed by atoms with Crippen molar-refractivity contribution >= 4 is 6.09 Å². The first-order chi connectivity index (χ1) is 12.2. The van der Waals surface area contributed by atoms with Gasteiger partial charge in [0.2, 0.25) is 0 Å². The van der Waals surface area contributed by atoms with E-state index >= 15 is 0 Å². The van der Waals surface area contributed by atoms with Crippen LogP contribution in [0.2, 0.25) is 0 Å². The third kappa shape index (κ3) is 4.51. The zero-order valence-electron chi connectivity index (χ0n) is 15.6. The Labute approximate surface area is 150 Å². The van der Waals surface area contributed by atoms with Crippen LogP contribution in [-0.4, -0.2) is 63.4 Å². The lowest BCUT2D eigenvalue weighted by Crippen LogP contribution is -2.38. The van der Waals surface area contributed by atoms with Gasteiger partial charge in [0.15, 0.2) is 0 Å². The lowest BCUT2D eigenvalue weighted by atomic mass is 9.96. The smallest absolute Gasteiger partial charge is 0.409 e. The van der Waals surface area contributed by atoms with Crippen LogP contribution in [-0.2, 0) is 18.3 Å². The Kier molecular flexibility index (Phi) is 6.29. The molecule has 3 heterocycles. The molecule has 0 bridgehead atoms. The first-order valence-electron chi connectivity index (χ1n) is 9.71. The van der Waals surface area contributed by atoms with Gasteiger partial charge in [-0.05, 0) is 45.2 Å². The van der Waals surface area contributed by atoms with Crippen LogP contribution in [0.15, 0.2) is 0 Å². The normalized spacial score (nSPS) is 20.0. The summed E-state index contributed by atoms with van der Waals surface area (Å²) in [6, 6.07) is 0. The van der Waals surface area contributed by atoms with Crippen molar-refractivity contribution in [2.45, 2.75) is 57.9 Å². The molecular formula is C18H31N5O2. The van der Waals surface area contributed by atoms with Crippen LogP contribution in [0.3, 0.4) is 0 Å². The number of piperidine rings is 2. The summed E-state index contributed by atoms with van der Waals surface area (Å²) in [5.74, 6) is 2.50. The van der Waals surface area contributed by atoms with E-state index in [0.29, 0.717) is 12.5 Å². The van der Waals surface area contributed by atoms with Gasteiger partial charge in [-0.1, -0.05) is 13.3 Å². The van der Waals surface area contributed by atoms with E-state index in [1.165, 1.54) is 32.4 Å². The largest absolute Gasteiger partial charge is 0.449 e. The minimum absolute atomic E-state index is 0.177. The van der Waals surface area contributed by atoms with E-state index < -0.39 is 0 Å². The Morgan fingerprint density at radius 2 is 1.84 bits per heavy atom. The summed E-state index contributed by atoms with van der Waals surface area (Å²) in [7, 11) is 2.08. The van der Waals surface area contributed by atoms with Crippen molar-refractivity contribution in [2.24, 2.45) is 7.05 Å². The average Bonchev–Trinajstić information content (AvgIpc) is 3.01. The number of hydrogen-bond donors (Lipinski definition) is 0. The number of hydrogen-bond acceptors (Lipinski definition) is 5. The molecule has 1 amide bonds. The molecule has 7 nitrogen and oxygen atoms in total. The van der Waals surface area contributed by atoms with Crippen molar-refractivity contribution in [1.29, 1.82) is 0 Å². The number of aromatic nitrogens is 3. The molecule has 25 heavy (non-hydrogen) atoms. The standard InChI is InChI=1S/C18H31N5O2/c1-3-13-25-18(24)23-11-7-15(8-12-23)17-20-19-16(21(17)2)14-22-9-5-4-6-10-22/h15H,3-14H2,1-2H3. The van der Waals surface area contributed by atoms with E-state index in [0.717, 1.165) is 50.5 Å². The number of ether oxygens (including phenoxy) is 1. The molecule has 0 N–H and O–H groups in total. The first kappa shape index (κ1) is 18.2. The lowest BCUT2D eigenvalue weighted by Gasteiger charge is -2.31. The summed E-state index contributed by atoms with van der Waals surface area (Å²) in [4.78, 5) is 16.3. The van der Waals surface area contributed by atoms with Crippen molar-refractivity contribution < 1.29 is 9.53 Å². The van der Waals surface area contributed by atoms with Crippen LogP contribution < -0.4 is 0 Å². The molecule has 1 aromatic heterocycles. The third-order valence-electron chi connectivity index (χ3n) is 5.36. The van der Waals surface area contributed by atoms with E-state index in [1.807, 2.05) is 11.8 Å². The second-order valence-corrected chi connectivity index (χ2v) is 7.25. The second-order valence-electron chi connectivity index (χ2n) is 7.25. The van der Waals surface area contributed by atoms with Crippen molar-refractivity contribution in [3.63, 3.8) is 0 Å². The van der Waals surface area contributed by atoms with E-state index in [4.69, 9.17) is 4.74 Å². The molecule has 2 fully saturated rings. The minimum Gasteiger partial charge on any atom is -0.449 e. The highest BCUT2D eigenvalue weighted by Gasteiger charge is 2.28. The first-order valence-corrected chi connectivity index (χ1v) is 9.71. The Balaban J connectivity index is 1.54. The Morgan fingerprint density at radius 3 is 2.52 bits per heavy atom. The van der Waals surface area contributed by atoms with Crippen molar-refractivity contribution in [1.82, 2.24) is 24.6 Å². The van der Waals surface area contributed by atoms with Gasteiger partial charge in [-0.25, -0.2) is 4.79 Å². The van der Waals surface area contributed by atoms with E-state index in [1.54, 1.807) is 0 Å². The van der Waals surface area contributed by atoms with Crippen molar-refractivity contribution in [3.05, 3.63) is 11.6 Å². The number of carbonyl (C=O) groups is 1. The molecule has 0 atom stereocenters. The predicted molar refractivity (Wildman–Crippen MR) is 95.3 cm³/mol. The topological polar surface area (TPSA) is 63.5 Å². The van der Waals surface area contributed by atoms with Gasteiger partial charge in [0.1, 0.15) is 11.6 Å². The second kappa shape index (κ2) is 8.65. The predicted octanol–water partition coefficient (Wildman–Crippen LogP) is 2.53. The Hall–Kier alpha value is -1.63. The zero-order valence-corrected chi connectivity index (χ0v) is 15.6. The molecule has 0 aliphatic carbocycles. The Bertz CT molecular complexity index is 560. The van der Waals surface area contributed by atoms with Crippen LogP contribution in [0.25, 0.3) is 0 Å². The molecule has 0 unspecified atom stereocenters. The maximum atomic E-state index is 12.0. The highest BCUT2D eigenvalue weighted by atomic mass is 16.6. The summed E-state index contributed by atoms with van der Waals surface area (Å²) >= 11 is 0. The van der Waals surface area contributed by atoms with Crippen LogP contribution in [0, 0.1) is 0 Å². The number of carbonyl (C=O) groups excluding carboxylic acids is 1. The van der Waals surface area contributed by atoms with Crippen LogP contribution >= 0.6 is 0 Å². The fourth-order valence-electron chi connectivity index (χ4n) is 3.79. The van der Waals surface area contributed by atoms with Gasteiger partial charge in [-0.2, -0.15) is 0 Å². The summed E-state index contributed by atoms with van der Waals surface area (Å²) in [5, 5.41) is 8.92. The van der Waals surface area contributed by atoms with Gasteiger partial charge in [0.25, 0.3) is 0 Å². The van der Waals surface area contributed by atoms with Gasteiger partial charge in [-0.3, -0.25) is 4.90 Å². The minimum atomic E-state index is -0.177. The van der Waals surface area contributed by atoms with Gasteiger partial charge in [-0.15, -0.1) is 10.2 Å². The van der Waals surface area contributed by atoms with E-state index in [9.17, 15) is 4.79 Å². The molecule has 7 heteroatoms. The molecule has 0 aromatic carbocycles. The van der Waals surface area contributed by atoms with Gasteiger partial charge >= 0.3 is 6.09 Å². The fourth-order valence-corrected chi connectivity index (χ4v) is 3.79. The molecule has 2 saturated heterocycles. The number of amides is 1. The molecule has 2 aliphatic heterocycles. The van der Waals surface area contributed by atoms with Gasteiger partial charge < -0.3 is 14.2 Å². The lowest BCUT2D eigenvalue weighted by molar-refractivity contribution is 0.0921. The number of rotatable bonds is 5. The maximum Gasteiger partial charge on any atom is 0.409 e. The van der Waals surface area contributed by atoms with Crippen LogP contribution in [0.5, 0.6) is 0 Å². The summed E-state index contributed by atoms with van der Waals surface area (Å²) in [6.45, 7) is 7.21. The molecule has 0 radical (unpaired) electrons. The molecule has 0 spiro atoms. The van der Waals surface area contributed by atoms with Crippen molar-refractivity contribution in [3.8, 4) is 0 Å². The van der Waals surface area contributed by atoms with Crippen molar-refractivity contribution in [2.75, 3.05) is 32.8 Å². The third-order valence-corrected chi connectivity index (χ3v) is 5.36. The number of nitrogens with zero attached hydrogens (tertiary/aromatic N) is 5. The van der Waals surface area contributed by atoms with Gasteiger partial charge in [0.05, 0.1) is 13.2 Å².